The molecule has 26 heavy (non-hydrogen) atoms. The standard InChI is InChI=1S/C19H24N4O3/c24-17(13-5-4-9-20-12-13)21-14-8-10-22-16(11-14)18(25)23(19(22)26)15-6-2-1-3-7-15/h4-5,9,12,14-16H,1-3,6-8,10-11H2,(H,21,24). The van der Waals surface area contributed by atoms with Gasteiger partial charge in [0.2, 0.25) is 0 Å². The normalized spacial score (nSPS) is 26.8. The molecule has 4 rings (SSSR count). The lowest BCUT2D eigenvalue weighted by atomic mass is 9.93. The zero-order chi connectivity index (χ0) is 18.1. The lowest BCUT2D eigenvalue weighted by Crippen LogP contribution is -2.49. The van der Waals surface area contributed by atoms with Gasteiger partial charge in [0.1, 0.15) is 6.04 Å². The van der Waals surface area contributed by atoms with Gasteiger partial charge in [-0.25, -0.2) is 4.79 Å². The third-order valence-electron chi connectivity index (χ3n) is 5.78. The van der Waals surface area contributed by atoms with Crippen LogP contribution in [0.5, 0.6) is 0 Å². The van der Waals surface area contributed by atoms with Crippen LogP contribution in [0.2, 0.25) is 0 Å². The molecule has 7 heteroatoms. The molecule has 0 aromatic carbocycles. The van der Waals surface area contributed by atoms with Gasteiger partial charge in [-0.15, -0.1) is 0 Å². The van der Waals surface area contributed by atoms with E-state index in [1.165, 1.54) is 17.5 Å². The molecule has 7 nitrogen and oxygen atoms in total. The predicted octanol–water partition coefficient (Wildman–Crippen LogP) is 1.94. The molecule has 2 aliphatic heterocycles. The average molecular weight is 356 g/mol. The fourth-order valence-electron chi connectivity index (χ4n) is 4.39. The van der Waals surface area contributed by atoms with Crippen molar-refractivity contribution in [2.45, 2.75) is 63.1 Å². The van der Waals surface area contributed by atoms with Gasteiger partial charge >= 0.3 is 6.03 Å². The Morgan fingerprint density at radius 3 is 2.69 bits per heavy atom. The van der Waals surface area contributed by atoms with Crippen molar-refractivity contribution in [3.63, 3.8) is 0 Å². The lowest BCUT2D eigenvalue weighted by Gasteiger charge is -2.32. The molecule has 1 saturated carbocycles. The van der Waals surface area contributed by atoms with E-state index in [1.807, 2.05) is 0 Å². The van der Waals surface area contributed by atoms with Crippen LogP contribution in [0, 0.1) is 0 Å². The molecule has 3 fully saturated rings. The maximum absolute atomic E-state index is 12.9. The summed E-state index contributed by atoms with van der Waals surface area (Å²) in [5.41, 5.74) is 0.507. The highest BCUT2D eigenvalue weighted by Crippen LogP contribution is 2.32. The Bertz CT molecular complexity index is 702. The van der Waals surface area contributed by atoms with Crippen molar-refractivity contribution in [3.8, 4) is 0 Å². The van der Waals surface area contributed by atoms with Gasteiger partial charge in [-0.2, -0.15) is 0 Å². The Balaban J connectivity index is 1.42. The molecule has 2 unspecified atom stereocenters. The topological polar surface area (TPSA) is 82.6 Å². The van der Waals surface area contributed by atoms with E-state index in [-0.39, 0.29) is 29.9 Å². The molecular weight excluding hydrogens is 332 g/mol. The molecule has 1 N–H and O–H groups in total. The second-order valence-electron chi connectivity index (χ2n) is 7.43. The minimum atomic E-state index is -0.433. The highest BCUT2D eigenvalue weighted by Gasteiger charge is 2.50. The van der Waals surface area contributed by atoms with Crippen LogP contribution in [0.3, 0.4) is 0 Å². The number of imide groups is 1. The van der Waals surface area contributed by atoms with Crippen LogP contribution in [0.1, 0.15) is 55.3 Å². The van der Waals surface area contributed by atoms with E-state index in [4.69, 9.17) is 0 Å². The fourth-order valence-corrected chi connectivity index (χ4v) is 4.39. The Morgan fingerprint density at radius 2 is 1.96 bits per heavy atom. The fraction of sp³-hybridized carbons (Fsp3) is 0.579. The second kappa shape index (κ2) is 7.05. The van der Waals surface area contributed by atoms with Gasteiger partial charge in [-0.3, -0.25) is 19.5 Å². The number of hydrogen-bond acceptors (Lipinski definition) is 4. The Kier molecular flexibility index (Phi) is 4.61. The van der Waals surface area contributed by atoms with Gasteiger partial charge in [0.15, 0.2) is 0 Å². The number of carbonyl (C=O) groups is 3. The van der Waals surface area contributed by atoms with Crippen molar-refractivity contribution in [1.29, 1.82) is 0 Å². The largest absolute Gasteiger partial charge is 0.349 e. The molecule has 3 aliphatic rings. The minimum Gasteiger partial charge on any atom is -0.349 e. The van der Waals surface area contributed by atoms with Gasteiger partial charge in [-0.1, -0.05) is 19.3 Å². The summed E-state index contributed by atoms with van der Waals surface area (Å²) in [6.45, 7) is 0.510. The number of fused-ring (bicyclic) bond motifs is 1. The first kappa shape index (κ1) is 17.0. The van der Waals surface area contributed by atoms with E-state index >= 15 is 0 Å². The third-order valence-corrected chi connectivity index (χ3v) is 5.78. The number of nitrogens with zero attached hydrogens (tertiary/aromatic N) is 3. The highest BCUT2D eigenvalue weighted by molar-refractivity contribution is 6.04. The number of amides is 4. The number of carbonyl (C=O) groups excluding carboxylic acids is 3. The first-order valence-corrected chi connectivity index (χ1v) is 9.49. The van der Waals surface area contributed by atoms with Crippen molar-refractivity contribution in [2.24, 2.45) is 0 Å². The van der Waals surface area contributed by atoms with E-state index in [2.05, 4.69) is 10.3 Å². The molecule has 2 saturated heterocycles. The van der Waals surface area contributed by atoms with Crippen LogP contribution in [-0.4, -0.2) is 57.3 Å². The van der Waals surface area contributed by atoms with Gasteiger partial charge < -0.3 is 10.2 Å². The maximum Gasteiger partial charge on any atom is 0.327 e. The lowest BCUT2D eigenvalue weighted by molar-refractivity contribution is -0.130. The van der Waals surface area contributed by atoms with Crippen molar-refractivity contribution < 1.29 is 14.4 Å². The molecule has 2 atom stereocenters. The number of urea groups is 1. The molecule has 0 radical (unpaired) electrons. The number of pyridine rings is 1. The van der Waals surface area contributed by atoms with E-state index in [9.17, 15) is 14.4 Å². The maximum atomic E-state index is 12.9. The zero-order valence-corrected chi connectivity index (χ0v) is 14.8. The Hall–Kier alpha value is -2.44. The molecular formula is C19H24N4O3. The SMILES string of the molecule is O=C(NC1CCN2C(=O)N(C3CCCCC3)C(=O)C2C1)c1cccnc1. The molecule has 138 valence electrons. The number of nitrogens with one attached hydrogen (secondary N) is 1. The Labute approximate surface area is 152 Å². The van der Waals surface area contributed by atoms with Crippen molar-refractivity contribution in [3.05, 3.63) is 30.1 Å². The number of hydrogen-bond donors (Lipinski definition) is 1. The monoisotopic (exact) mass is 356 g/mol. The van der Waals surface area contributed by atoms with Crippen LogP contribution in [-0.2, 0) is 4.79 Å². The van der Waals surface area contributed by atoms with E-state index in [1.54, 1.807) is 23.2 Å². The molecule has 0 bridgehead atoms. The van der Waals surface area contributed by atoms with Gasteiger partial charge in [0.05, 0.1) is 5.56 Å². The summed E-state index contributed by atoms with van der Waals surface area (Å²) in [5, 5.41) is 2.99. The van der Waals surface area contributed by atoms with Gasteiger partial charge in [0.25, 0.3) is 11.8 Å². The summed E-state index contributed by atoms with van der Waals surface area (Å²) in [6.07, 6.45) is 9.48. The third kappa shape index (κ3) is 3.06. The van der Waals surface area contributed by atoms with E-state index < -0.39 is 6.04 Å². The first-order valence-electron chi connectivity index (χ1n) is 9.49. The summed E-state index contributed by atoms with van der Waals surface area (Å²) in [4.78, 5) is 45.1. The Morgan fingerprint density at radius 1 is 1.15 bits per heavy atom. The van der Waals surface area contributed by atoms with Crippen LogP contribution in [0.4, 0.5) is 4.79 Å². The summed E-state index contributed by atoms with van der Waals surface area (Å²) < 4.78 is 0. The molecule has 4 amide bonds. The van der Waals surface area contributed by atoms with E-state index in [0.29, 0.717) is 24.9 Å². The highest BCUT2D eigenvalue weighted by atomic mass is 16.2. The minimum absolute atomic E-state index is 0.0535. The van der Waals surface area contributed by atoms with E-state index in [0.717, 1.165) is 25.7 Å². The molecule has 1 aromatic rings. The predicted molar refractivity (Wildman–Crippen MR) is 94.3 cm³/mol. The van der Waals surface area contributed by atoms with Crippen molar-refractivity contribution >= 4 is 17.8 Å². The second-order valence-corrected chi connectivity index (χ2v) is 7.43. The van der Waals surface area contributed by atoms with Gasteiger partial charge in [-0.05, 0) is 37.8 Å². The van der Waals surface area contributed by atoms with Gasteiger partial charge in [0, 0.05) is 31.0 Å². The van der Waals surface area contributed by atoms with Crippen LogP contribution in [0.15, 0.2) is 24.5 Å². The van der Waals surface area contributed by atoms with Crippen molar-refractivity contribution in [1.82, 2.24) is 20.1 Å². The molecule has 1 aromatic heterocycles. The smallest absolute Gasteiger partial charge is 0.327 e. The van der Waals surface area contributed by atoms with Crippen LogP contribution >= 0.6 is 0 Å². The summed E-state index contributed by atoms with van der Waals surface area (Å²) in [5.74, 6) is -0.264. The summed E-state index contributed by atoms with van der Waals surface area (Å²) in [7, 11) is 0. The number of rotatable bonds is 3. The average Bonchev–Trinajstić information content (AvgIpc) is 2.93. The molecule has 0 spiro atoms. The quantitative estimate of drug-likeness (QED) is 0.839. The molecule has 3 heterocycles. The first-order chi connectivity index (χ1) is 12.6. The summed E-state index contributed by atoms with van der Waals surface area (Å²) in [6, 6.07) is 2.82. The molecule has 1 aliphatic carbocycles. The number of aromatic nitrogens is 1. The summed E-state index contributed by atoms with van der Waals surface area (Å²) >= 11 is 0. The zero-order valence-electron chi connectivity index (χ0n) is 14.8. The van der Waals surface area contributed by atoms with Crippen LogP contribution in [0.25, 0.3) is 0 Å². The van der Waals surface area contributed by atoms with Crippen LogP contribution < -0.4 is 5.32 Å². The number of piperidine rings is 1. The van der Waals surface area contributed by atoms with Crippen molar-refractivity contribution in [2.75, 3.05) is 6.54 Å².